The lowest BCUT2D eigenvalue weighted by Gasteiger charge is -2.40. The Bertz CT molecular complexity index is 614. The number of fused-ring (bicyclic) bond motifs is 1. The maximum absolute atomic E-state index is 12.3. The second-order valence-electron chi connectivity index (χ2n) is 6.78. The van der Waals surface area contributed by atoms with Crippen molar-refractivity contribution in [3.63, 3.8) is 0 Å². The summed E-state index contributed by atoms with van der Waals surface area (Å²) in [5.41, 5.74) is 3.12. The number of amides is 2. The molecule has 0 aromatic heterocycles. The molecule has 3 rings (SSSR count). The number of carbonyl (C=O) groups excluding carboxylic acids is 2. The molecule has 1 aromatic rings. The van der Waals surface area contributed by atoms with Crippen molar-refractivity contribution in [2.24, 2.45) is 0 Å². The van der Waals surface area contributed by atoms with E-state index in [4.69, 9.17) is 0 Å². The maximum atomic E-state index is 12.3. The molecule has 1 aromatic carbocycles. The van der Waals surface area contributed by atoms with Crippen molar-refractivity contribution in [3.05, 3.63) is 29.3 Å². The van der Waals surface area contributed by atoms with Crippen LogP contribution in [0.15, 0.2) is 18.2 Å². The van der Waals surface area contributed by atoms with Gasteiger partial charge in [-0.1, -0.05) is 18.9 Å². The normalized spacial score (nSPS) is 27.0. The Labute approximate surface area is 137 Å². The van der Waals surface area contributed by atoms with E-state index in [-0.39, 0.29) is 24.3 Å². The Morgan fingerprint density at radius 2 is 1.91 bits per heavy atom. The topological polar surface area (TPSA) is 70.2 Å². The fraction of sp³-hybridized carbons (Fsp3) is 0.556. The number of anilines is 1. The van der Waals surface area contributed by atoms with E-state index in [0.29, 0.717) is 6.04 Å². The van der Waals surface area contributed by atoms with Crippen molar-refractivity contribution >= 4 is 17.5 Å². The molecule has 1 saturated heterocycles. The summed E-state index contributed by atoms with van der Waals surface area (Å²) >= 11 is 0. The minimum absolute atomic E-state index is 0.0524. The van der Waals surface area contributed by atoms with Gasteiger partial charge in [0.15, 0.2) is 0 Å². The number of hydrogen-bond acceptors (Lipinski definition) is 3. The molecular formula is C18H25N3O2. The zero-order chi connectivity index (χ0) is 16.4. The second kappa shape index (κ2) is 6.71. The maximum Gasteiger partial charge on any atom is 0.237 e. The Kier molecular flexibility index (Phi) is 4.66. The van der Waals surface area contributed by atoms with Gasteiger partial charge in [0.05, 0.1) is 12.5 Å². The van der Waals surface area contributed by atoms with Crippen LogP contribution in [-0.2, 0) is 9.59 Å². The molecule has 0 radical (unpaired) electrons. The molecular weight excluding hydrogens is 290 g/mol. The summed E-state index contributed by atoms with van der Waals surface area (Å²) in [4.78, 5) is 24.4. The standard InChI is InChI=1S/C18H25N3O2/c1-11-7-8-13(9-12(11)2)19-17(22)10-16-18(23)21-15-6-4-3-5-14(15)20-16/h7-9,14-16,20H,3-6,10H2,1-2H3,(H,19,22)(H,21,23)/t14-,15+,16+/m1/s1. The summed E-state index contributed by atoms with van der Waals surface area (Å²) in [6.07, 6.45) is 4.62. The van der Waals surface area contributed by atoms with E-state index in [1.807, 2.05) is 32.0 Å². The lowest BCUT2D eigenvalue weighted by molar-refractivity contribution is -0.129. The highest BCUT2D eigenvalue weighted by Crippen LogP contribution is 2.22. The summed E-state index contributed by atoms with van der Waals surface area (Å²) < 4.78 is 0. The lowest BCUT2D eigenvalue weighted by Crippen LogP contribution is -2.65. The third-order valence-electron chi connectivity index (χ3n) is 5.01. The van der Waals surface area contributed by atoms with Gasteiger partial charge < -0.3 is 16.0 Å². The van der Waals surface area contributed by atoms with Crippen LogP contribution in [-0.4, -0.2) is 29.9 Å². The van der Waals surface area contributed by atoms with Gasteiger partial charge in [-0.15, -0.1) is 0 Å². The van der Waals surface area contributed by atoms with E-state index in [9.17, 15) is 9.59 Å². The molecule has 2 aliphatic rings. The quantitative estimate of drug-likeness (QED) is 0.799. The first-order valence-electron chi connectivity index (χ1n) is 8.46. The van der Waals surface area contributed by atoms with E-state index in [2.05, 4.69) is 16.0 Å². The number of nitrogens with one attached hydrogen (secondary N) is 3. The van der Waals surface area contributed by atoms with Crippen molar-refractivity contribution in [1.29, 1.82) is 0 Å². The smallest absolute Gasteiger partial charge is 0.237 e. The van der Waals surface area contributed by atoms with Gasteiger partial charge in [-0.05, 0) is 49.9 Å². The van der Waals surface area contributed by atoms with Crippen LogP contribution in [0.1, 0.15) is 43.2 Å². The molecule has 1 heterocycles. The van der Waals surface area contributed by atoms with Gasteiger partial charge in [-0.25, -0.2) is 0 Å². The van der Waals surface area contributed by atoms with E-state index < -0.39 is 6.04 Å². The molecule has 0 unspecified atom stereocenters. The van der Waals surface area contributed by atoms with Crippen molar-refractivity contribution < 1.29 is 9.59 Å². The Hall–Kier alpha value is -1.88. The molecule has 5 heteroatoms. The summed E-state index contributed by atoms with van der Waals surface area (Å²) in [6, 6.07) is 5.95. The predicted octanol–water partition coefficient (Wildman–Crippen LogP) is 2.03. The van der Waals surface area contributed by atoms with E-state index in [0.717, 1.165) is 24.1 Å². The fourth-order valence-corrected chi connectivity index (χ4v) is 3.49. The predicted molar refractivity (Wildman–Crippen MR) is 90.3 cm³/mol. The minimum atomic E-state index is -0.430. The number of hydrogen-bond donors (Lipinski definition) is 3. The van der Waals surface area contributed by atoms with Crippen molar-refractivity contribution in [2.75, 3.05) is 5.32 Å². The fourth-order valence-electron chi connectivity index (χ4n) is 3.49. The van der Waals surface area contributed by atoms with Gasteiger partial charge in [0.2, 0.25) is 11.8 Å². The molecule has 2 amide bonds. The first-order chi connectivity index (χ1) is 11.0. The molecule has 3 N–H and O–H groups in total. The zero-order valence-electron chi connectivity index (χ0n) is 13.8. The van der Waals surface area contributed by atoms with Gasteiger partial charge in [0, 0.05) is 17.8 Å². The molecule has 1 saturated carbocycles. The SMILES string of the molecule is Cc1ccc(NC(=O)C[C@@H]2N[C@@H]3CCCC[C@@H]3NC2=O)cc1C. The second-order valence-corrected chi connectivity index (χ2v) is 6.78. The molecule has 3 atom stereocenters. The zero-order valence-corrected chi connectivity index (χ0v) is 13.8. The van der Waals surface area contributed by atoms with Crippen LogP contribution >= 0.6 is 0 Å². The summed E-state index contributed by atoms with van der Waals surface area (Å²) in [6.45, 7) is 4.06. The third kappa shape index (κ3) is 3.72. The molecule has 0 spiro atoms. The number of piperazine rings is 1. The minimum Gasteiger partial charge on any atom is -0.350 e. The molecule has 2 fully saturated rings. The third-order valence-corrected chi connectivity index (χ3v) is 5.01. The van der Waals surface area contributed by atoms with Crippen LogP contribution in [0, 0.1) is 13.8 Å². The van der Waals surface area contributed by atoms with Crippen molar-refractivity contribution in [3.8, 4) is 0 Å². The molecule has 124 valence electrons. The number of benzene rings is 1. The molecule has 1 aliphatic heterocycles. The van der Waals surface area contributed by atoms with Crippen LogP contribution in [0.2, 0.25) is 0 Å². The van der Waals surface area contributed by atoms with E-state index in [1.165, 1.54) is 18.4 Å². The largest absolute Gasteiger partial charge is 0.350 e. The molecule has 23 heavy (non-hydrogen) atoms. The van der Waals surface area contributed by atoms with Gasteiger partial charge in [0.1, 0.15) is 0 Å². The molecule has 1 aliphatic carbocycles. The van der Waals surface area contributed by atoms with Gasteiger partial charge >= 0.3 is 0 Å². The van der Waals surface area contributed by atoms with Crippen molar-refractivity contribution in [1.82, 2.24) is 10.6 Å². The Morgan fingerprint density at radius 1 is 1.17 bits per heavy atom. The molecule has 5 nitrogen and oxygen atoms in total. The Morgan fingerprint density at radius 3 is 2.65 bits per heavy atom. The number of carbonyl (C=O) groups is 2. The van der Waals surface area contributed by atoms with Crippen LogP contribution in [0.25, 0.3) is 0 Å². The lowest BCUT2D eigenvalue weighted by atomic mass is 9.87. The van der Waals surface area contributed by atoms with Crippen LogP contribution in [0.5, 0.6) is 0 Å². The Balaban J connectivity index is 1.58. The average Bonchev–Trinajstić information content (AvgIpc) is 2.51. The number of rotatable bonds is 3. The van der Waals surface area contributed by atoms with Crippen LogP contribution in [0.3, 0.4) is 0 Å². The van der Waals surface area contributed by atoms with Crippen LogP contribution < -0.4 is 16.0 Å². The number of aryl methyl sites for hydroxylation is 2. The highest BCUT2D eigenvalue weighted by molar-refractivity contribution is 5.95. The average molecular weight is 315 g/mol. The summed E-state index contributed by atoms with van der Waals surface area (Å²) in [7, 11) is 0. The van der Waals surface area contributed by atoms with Crippen molar-refractivity contribution in [2.45, 2.75) is 64.1 Å². The summed E-state index contributed by atoms with van der Waals surface area (Å²) in [5, 5.41) is 9.33. The van der Waals surface area contributed by atoms with E-state index >= 15 is 0 Å². The first kappa shape index (κ1) is 16.0. The van der Waals surface area contributed by atoms with Gasteiger partial charge in [-0.3, -0.25) is 9.59 Å². The van der Waals surface area contributed by atoms with Gasteiger partial charge in [0.25, 0.3) is 0 Å². The molecule has 0 bridgehead atoms. The summed E-state index contributed by atoms with van der Waals surface area (Å²) in [5.74, 6) is -0.182. The van der Waals surface area contributed by atoms with E-state index in [1.54, 1.807) is 0 Å². The highest BCUT2D eigenvalue weighted by Gasteiger charge is 2.36. The van der Waals surface area contributed by atoms with Gasteiger partial charge in [-0.2, -0.15) is 0 Å². The monoisotopic (exact) mass is 315 g/mol. The first-order valence-corrected chi connectivity index (χ1v) is 8.46. The highest BCUT2D eigenvalue weighted by atomic mass is 16.2. The van der Waals surface area contributed by atoms with Crippen LogP contribution in [0.4, 0.5) is 5.69 Å².